The van der Waals surface area contributed by atoms with Crippen molar-refractivity contribution >= 4 is 15.7 Å². The summed E-state index contributed by atoms with van der Waals surface area (Å²) in [7, 11) is -3.35. The van der Waals surface area contributed by atoms with Gasteiger partial charge in [-0.25, -0.2) is 8.42 Å². The zero-order chi connectivity index (χ0) is 16.7. The van der Waals surface area contributed by atoms with E-state index in [4.69, 9.17) is 5.73 Å². The predicted molar refractivity (Wildman–Crippen MR) is 91.8 cm³/mol. The molecule has 1 aliphatic carbocycles. The molecule has 2 rings (SSSR count). The Morgan fingerprint density at radius 3 is 2.43 bits per heavy atom. The number of nitrogens with one attached hydrogen (secondary N) is 1. The molecule has 1 saturated carbocycles. The average Bonchev–Trinajstić information content (AvgIpc) is 2.50. The van der Waals surface area contributed by atoms with Gasteiger partial charge in [-0.3, -0.25) is 4.79 Å². The van der Waals surface area contributed by atoms with Crippen molar-refractivity contribution in [3.8, 4) is 0 Å². The van der Waals surface area contributed by atoms with E-state index in [9.17, 15) is 13.2 Å². The molecule has 1 aliphatic rings. The minimum atomic E-state index is -3.35. The zero-order valence-electron chi connectivity index (χ0n) is 13.4. The summed E-state index contributed by atoms with van der Waals surface area (Å²) in [5.74, 6) is -0.750. The molecule has 0 aromatic heterocycles. The van der Waals surface area contributed by atoms with Crippen molar-refractivity contribution in [2.75, 3.05) is 11.5 Å². The topological polar surface area (TPSA) is 89.3 Å². The Kier molecular flexibility index (Phi) is 6.59. The average molecular weight is 338 g/mol. The highest BCUT2D eigenvalue weighted by Gasteiger charge is 2.22. The van der Waals surface area contributed by atoms with Gasteiger partial charge in [0, 0.05) is 12.1 Å². The largest absolute Gasteiger partial charge is 0.352 e. The summed E-state index contributed by atoms with van der Waals surface area (Å²) >= 11 is 0. The van der Waals surface area contributed by atoms with Crippen molar-refractivity contribution in [2.24, 2.45) is 5.73 Å². The minimum absolute atomic E-state index is 0.0465. The molecule has 0 radical (unpaired) electrons. The maximum absolute atomic E-state index is 12.0. The lowest BCUT2D eigenvalue weighted by molar-refractivity contribution is -0.119. The molecule has 0 atom stereocenters. The number of carbonyl (C=O) groups is 1. The first-order valence-electron chi connectivity index (χ1n) is 8.24. The fraction of sp³-hybridized carbons (Fsp3) is 0.588. The molecule has 1 aromatic rings. The second-order valence-electron chi connectivity index (χ2n) is 6.36. The van der Waals surface area contributed by atoms with Gasteiger partial charge in [0.05, 0.1) is 5.75 Å². The lowest BCUT2D eigenvalue weighted by atomic mass is 9.92. The van der Waals surface area contributed by atoms with Crippen molar-refractivity contribution < 1.29 is 13.2 Å². The van der Waals surface area contributed by atoms with E-state index in [1.54, 1.807) is 0 Å². The van der Waals surface area contributed by atoms with E-state index in [0.717, 1.165) is 31.2 Å². The van der Waals surface area contributed by atoms with Gasteiger partial charge in [-0.2, -0.15) is 0 Å². The highest BCUT2D eigenvalue weighted by molar-refractivity contribution is 7.92. The Labute approximate surface area is 138 Å². The van der Waals surface area contributed by atoms with E-state index >= 15 is 0 Å². The lowest BCUT2D eigenvalue weighted by Crippen LogP contribution is -2.42. The number of benzene rings is 1. The van der Waals surface area contributed by atoms with Crippen LogP contribution >= 0.6 is 0 Å². The van der Waals surface area contributed by atoms with Gasteiger partial charge in [-0.05, 0) is 44.1 Å². The number of sulfone groups is 1. The van der Waals surface area contributed by atoms with Crippen LogP contribution < -0.4 is 11.1 Å². The van der Waals surface area contributed by atoms with Crippen LogP contribution in [0.5, 0.6) is 0 Å². The third-order valence-corrected chi connectivity index (χ3v) is 5.86. The van der Waals surface area contributed by atoms with Crippen LogP contribution in [0.15, 0.2) is 30.3 Å². The first-order valence-corrected chi connectivity index (χ1v) is 10.1. The maximum Gasteiger partial charge on any atom is 0.235 e. The van der Waals surface area contributed by atoms with Gasteiger partial charge in [-0.15, -0.1) is 0 Å². The first-order chi connectivity index (χ1) is 10.9. The van der Waals surface area contributed by atoms with Crippen molar-refractivity contribution in [2.45, 2.75) is 50.6 Å². The molecule has 5 nitrogen and oxygen atoms in total. The van der Waals surface area contributed by atoms with Crippen LogP contribution in [-0.2, 0) is 21.1 Å². The molecule has 0 aliphatic heterocycles. The van der Waals surface area contributed by atoms with Crippen LogP contribution in [0.4, 0.5) is 0 Å². The van der Waals surface area contributed by atoms with Gasteiger partial charge >= 0.3 is 0 Å². The van der Waals surface area contributed by atoms with Gasteiger partial charge in [0.15, 0.2) is 9.84 Å². The summed E-state index contributed by atoms with van der Waals surface area (Å²) in [5.41, 5.74) is 6.94. The molecule has 1 amide bonds. The number of rotatable bonds is 7. The fourth-order valence-corrected chi connectivity index (χ4v) is 4.16. The van der Waals surface area contributed by atoms with Crippen LogP contribution in [0.3, 0.4) is 0 Å². The zero-order valence-corrected chi connectivity index (χ0v) is 14.2. The highest BCUT2D eigenvalue weighted by atomic mass is 32.2. The van der Waals surface area contributed by atoms with E-state index < -0.39 is 15.6 Å². The Balaban J connectivity index is 1.71. The molecule has 128 valence electrons. The summed E-state index contributed by atoms with van der Waals surface area (Å²) in [6, 6.07) is 10.1. The molecule has 6 heteroatoms. The molecule has 3 N–H and O–H groups in total. The number of nitrogens with two attached hydrogens (primary N) is 1. The Morgan fingerprint density at radius 1 is 1.13 bits per heavy atom. The smallest absolute Gasteiger partial charge is 0.235 e. The third kappa shape index (κ3) is 6.71. The monoisotopic (exact) mass is 338 g/mol. The predicted octanol–water partition coefficient (Wildman–Crippen LogP) is 1.42. The van der Waals surface area contributed by atoms with E-state index in [0.29, 0.717) is 12.8 Å². The number of amides is 1. The van der Waals surface area contributed by atoms with Gasteiger partial charge in [0.25, 0.3) is 0 Å². The second kappa shape index (κ2) is 8.45. The number of aryl methyl sites for hydroxylation is 1. The van der Waals surface area contributed by atoms with Crippen molar-refractivity contribution in [3.63, 3.8) is 0 Å². The summed E-state index contributed by atoms with van der Waals surface area (Å²) in [6.07, 6.45) is 4.69. The van der Waals surface area contributed by atoms with Crippen LogP contribution in [-0.4, -0.2) is 37.9 Å². The second-order valence-corrected chi connectivity index (χ2v) is 8.54. The summed E-state index contributed by atoms with van der Waals surface area (Å²) in [4.78, 5) is 11.9. The van der Waals surface area contributed by atoms with Crippen LogP contribution in [0.25, 0.3) is 0 Å². The standard InChI is InChI=1S/C17H26N2O3S/c18-15-8-10-16(11-9-15)19-17(20)13-23(21,22)12-4-7-14-5-2-1-3-6-14/h1-3,5-6,15-16H,4,7-13,18H2,(H,19,20). The molecular formula is C17H26N2O3S. The third-order valence-electron chi connectivity index (χ3n) is 4.25. The maximum atomic E-state index is 12.0. The van der Waals surface area contributed by atoms with Gasteiger partial charge < -0.3 is 11.1 Å². The van der Waals surface area contributed by atoms with E-state index in [-0.39, 0.29) is 23.7 Å². The van der Waals surface area contributed by atoms with Crippen LogP contribution in [0.2, 0.25) is 0 Å². The van der Waals surface area contributed by atoms with E-state index in [1.165, 1.54) is 0 Å². The van der Waals surface area contributed by atoms with Crippen molar-refractivity contribution in [3.05, 3.63) is 35.9 Å². The molecule has 0 unspecified atom stereocenters. The Hall–Kier alpha value is -1.40. The van der Waals surface area contributed by atoms with Crippen LogP contribution in [0.1, 0.15) is 37.7 Å². The number of carbonyl (C=O) groups excluding carboxylic acids is 1. The van der Waals surface area contributed by atoms with Crippen molar-refractivity contribution in [1.29, 1.82) is 0 Å². The molecule has 0 bridgehead atoms. The molecular weight excluding hydrogens is 312 g/mol. The Bertz CT molecular complexity index is 594. The van der Waals surface area contributed by atoms with Crippen LogP contribution in [0, 0.1) is 0 Å². The molecule has 0 spiro atoms. The minimum Gasteiger partial charge on any atom is -0.352 e. The van der Waals surface area contributed by atoms with Gasteiger partial charge in [-0.1, -0.05) is 30.3 Å². The van der Waals surface area contributed by atoms with Gasteiger partial charge in [0.1, 0.15) is 5.75 Å². The first kappa shape index (κ1) is 17.9. The SMILES string of the molecule is NC1CCC(NC(=O)CS(=O)(=O)CCCc2ccccc2)CC1. The van der Waals surface area contributed by atoms with E-state index in [1.807, 2.05) is 30.3 Å². The number of hydrogen-bond acceptors (Lipinski definition) is 4. The normalized spacial score (nSPS) is 21.8. The molecule has 1 fully saturated rings. The molecule has 0 saturated heterocycles. The molecule has 0 heterocycles. The van der Waals surface area contributed by atoms with Crippen molar-refractivity contribution in [1.82, 2.24) is 5.32 Å². The van der Waals surface area contributed by atoms with E-state index in [2.05, 4.69) is 5.32 Å². The highest BCUT2D eigenvalue weighted by Crippen LogP contribution is 2.16. The quantitative estimate of drug-likeness (QED) is 0.787. The summed E-state index contributed by atoms with van der Waals surface area (Å²) in [6.45, 7) is 0. The molecule has 1 aromatic carbocycles. The fourth-order valence-electron chi connectivity index (χ4n) is 2.95. The summed E-state index contributed by atoms with van der Waals surface area (Å²) in [5, 5.41) is 2.83. The van der Waals surface area contributed by atoms with Gasteiger partial charge in [0.2, 0.25) is 5.91 Å². The number of hydrogen-bond donors (Lipinski definition) is 2. The lowest BCUT2D eigenvalue weighted by Gasteiger charge is -2.26. The molecule has 23 heavy (non-hydrogen) atoms. The Morgan fingerprint density at radius 2 is 1.78 bits per heavy atom. The summed E-state index contributed by atoms with van der Waals surface area (Å²) < 4.78 is 24.1.